The summed E-state index contributed by atoms with van der Waals surface area (Å²) in [5.41, 5.74) is 1.12. The number of amides is 1. The van der Waals surface area contributed by atoms with E-state index in [4.69, 9.17) is 4.84 Å². The molecule has 2 rings (SSSR count). The monoisotopic (exact) mass is 312 g/mol. The molecule has 1 aromatic carbocycles. The fourth-order valence-corrected chi connectivity index (χ4v) is 2.53. The third-order valence-electron chi connectivity index (χ3n) is 2.89. The Bertz CT molecular complexity index is 425. The third kappa shape index (κ3) is 3.31. The van der Waals surface area contributed by atoms with E-state index >= 15 is 0 Å². The second kappa shape index (κ2) is 6.31. The first kappa shape index (κ1) is 13.5. The number of hydroxylamine groups is 2. The van der Waals surface area contributed by atoms with Gasteiger partial charge in [-0.05, 0) is 31.0 Å². The summed E-state index contributed by atoms with van der Waals surface area (Å²) < 4.78 is 1.03. The van der Waals surface area contributed by atoms with Crippen LogP contribution >= 0.6 is 15.9 Å². The molecule has 5 heteroatoms. The van der Waals surface area contributed by atoms with Gasteiger partial charge >= 0.3 is 0 Å². The van der Waals surface area contributed by atoms with E-state index < -0.39 is 0 Å². The zero-order valence-electron chi connectivity index (χ0n) is 10.4. The summed E-state index contributed by atoms with van der Waals surface area (Å²) in [7, 11) is 0. The molecule has 4 nitrogen and oxygen atoms in total. The van der Waals surface area contributed by atoms with Crippen LogP contribution in [0.15, 0.2) is 28.7 Å². The first-order chi connectivity index (χ1) is 8.70. The molecule has 98 valence electrons. The van der Waals surface area contributed by atoms with E-state index in [2.05, 4.69) is 21.2 Å². The summed E-state index contributed by atoms with van der Waals surface area (Å²) in [6.07, 6.45) is 0.798. The second-order valence-corrected chi connectivity index (χ2v) is 5.13. The lowest BCUT2D eigenvalue weighted by Gasteiger charge is -2.25. The van der Waals surface area contributed by atoms with Crippen molar-refractivity contribution in [3.63, 3.8) is 0 Å². The number of nitrogens with one attached hydrogen (secondary N) is 1. The molecule has 0 spiro atoms. The molecule has 18 heavy (non-hydrogen) atoms. The zero-order chi connectivity index (χ0) is 13.0. The number of carbonyl (C=O) groups is 1. The summed E-state index contributed by atoms with van der Waals surface area (Å²) in [6.45, 7) is 3.84. The Kier molecular flexibility index (Phi) is 4.74. The normalized spacial score (nSPS) is 19.3. The van der Waals surface area contributed by atoms with Gasteiger partial charge < -0.3 is 5.32 Å². The molecule has 1 heterocycles. The number of carbonyl (C=O) groups excluding carboxylic acids is 1. The van der Waals surface area contributed by atoms with Crippen LogP contribution in [0.1, 0.15) is 18.9 Å². The van der Waals surface area contributed by atoms with Crippen LogP contribution in [0, 0.1) is 0 Å². The summed E-state index contributed by atoms with van der Waals surface area (Å²) in [6, 6.07) is 7.86. The van der Waals surface area contributed by atoms with Crippen LogP contribution in [0.3, 0.4) is 0 Å². The van der Waals surface area contributed by atoms with Crippen molar-refractivity contribution >= 4 is 21.8 Å². The van der Waals surface area contributed by atoms with Crippen LogP contribution in [0.4, 0.5) is 0 Å². The molecule has 1 amide bonds. The van der Waals surface area contributed by atoms with Gasteiger partial charge in [0.2, 0.25) is 5.91 Å². The molecule has 0 aromatic heterocycles. The highest BCUT2D eigenvalue weighted by atomic mass is 79.9. The fourth-order valence-electron chi connectivity index (χ4n) is 2.08. The van der Waals surface area contributed by atoms with E-state index in [1.165, 1.54) is 0 Å². The van der Waals surface area contributed by atoms with Crippen molar-refractivity contribution in [1.29, 1.82) is 0 Å². The minimum absolute atomic E-state index is 0.0541. The Morgan fingerprint density at radius 3 is 3.00 bits per heavy atom. The van der Waals surface area contributed by atoms with Crippen LogP contribution in [0.5, 0.6) is 0 Å². The van der Waals surface area contributed by atoms with Crippen LogP contribution in [-0.2, 0) is 16.2 Å². The van der Waals surface area contributed by atoms with Crippen molar-refractivity contribution in [3.8, 4) is 0 Å². The van der Waals surface area contributed by atoms with E-state index in [0.717, 1.165) is 23.0 Å². The summed E-state index contributed by atoms with van der Waals surface area (Å²) in [5, 5.41) is 4.62. The standard InChI is InChI=1S/C13H17BrN2O2/c1-2-18-16(12-6-7-15-13(12)17)9-10-4-3-5-11(14)8-10/h3-5,8,12H,2,6-7,9H2,1H3,(H,15,17). The minimum atomic E-state index is -0.177. The number of benzene rings is 1. The molecule has 0 bridgehead atoms. The van der Waals surface area contributed by atoms with E-state index in [1.54, 1.807) is 5.06 Å². The number of hydrogen-bond donors (Lipinski definition) is 1. The van der Waals surface area contributed by atoms with Gasteiger partial charge in [0.15, 0.2) is 0 Å². The van der Waals surface area contributed by atoms with E-state index in [1.807, 2.05) is 31.2 Å². The van der Waals surface area contributed by atoms with Gasteiger partial charge in [-0.15, -0.1) is 0 Å². The van der Waals surface area contributed by atoms with Gasteiger partial charge in [0, 0.05) is 11.0 Å². The van der Waals surface area contributed by atoms with Crippen molar-refractivity contribution in [2.24, 2.45) is 0 Å². The summed E-state index contributed by atoms with van der Waals surface area (Å²) >= 11 is 3.45. The van der Waals surface area contributed by atoms with Crippen molar-refractivity contribution in [2.45, 2.75) is 25.9 Å². The molecule has 0 saturated carbocycles. The Morgan fingerprint density at radius 2 is 2.39 bits per heavy atom. The molecular weight excluding hydrogens is 296 g/mol. The topological polar surface area (TPSA) is 41.6 Å². The van der Waals surface area contributed by atoms with Gasteiger partial charge in [-0.1, -0.05) is 28.1 Å². The largest absolute Gasteiger partial charge is 0.355 e. The lowest BCUT2D eigenvalue weighted by Crippen LogP contribution is -2.40. The van der Waals surface area contributed by atoms with Gasteiger partial charge in [-0.25, -0.2) is 0 Å². The number of nitrogens with zero attached hydrogens (tertiary/aromatic N) is 1. The highest BCUT2D eigenvalue weighted by Gasteiger charge is 2.30. The van der Waals surface area contributed by atoms with Crippen LogP contribution in [0.2, 0.25) is 0 Å². The quantitative estimate of drug-likeness (QED) is 0.847. The maximum absolute atomic E-state index is 11.7. The Hall–Kier alpha value is -0.910. The van der Waals surface area contributed by atoms with Gasteiger partial charge in [0.25, 0.3) is 0 Å². The van der Waals surface area contributed by atoms with Gasteiger partial charge in [0.05, 0.1) is 13.2 Å². The Balaban J connectivity index is 2.08. The maximum Gasteiger partial charge on any atom is 0.239 e. The Labute approximate surface area is 115 Å². The molecule has 0 aliphatic carbocycles. The number of halogens is 1. The molecule has 1 atom stereocenters. The van der Waals surface area contributed by atoms with Gasteiger partial charge in [0.1, 0.15) is 6.04 Å². The van der Waals surface area contributed by atoms with Crippen LogP contribution in [0.25, 0.3) is 0 Å². The number of rotatable bonds is 5. The highest BCUT2D eigenvalue weighted by molar-refractivity contribution is 9.10. The van der Waals surface area contributed by atoms with Crippen LogP contribution < -0.4 is 5.32 Å². The first-order valence-electron chi connectivity index (χ1n) is 6.12. The van der Waals surface area contributed by atoms with E-state index in [-0.39, 0.29) is 11.9 Å². The Morgan fingerprint density at radius 1 is 1.56 bits per heavy atom. The zero-order valence-corrected chi connectivity index (χ0v) is 11.9. The molecule has 0 radical (unpaired) electrons. The smallest absolute Gasteiger partial charge is 0.239 e. The first-order valence-corrected chi connectivity index (χ1v) is 6.91. The maximum atomic E-state index is 11.7. The molecule has 1 aliphatic rings. The fraction of sp³-hybridized carbons (Fsp3) is 0.462. The molecule has 1 fully saturated rings. The minimum Gasteiger partial charge on any atom is -0.355 e. The SMILES string of the molecule is CCON(Cc1cccc(Br)c1)C1CCNC1=O. The van der Waals surface area contributed by atoms with Crippen molar-refractivity contribution in [1.82, 2.24) is 10.4 Å². The van der Waals surface area contributed by atoms with E-state index in [0.29, 0.717) is 13.2 Å². The molecule has 1 saturated heterocycles. The van der Waals surface area contributed by atoms with Crippen LogP contribution in [-0.4, -0.2) is 30.2 Å². The number of hydrogen-bond acceptors (Lipinski definition) is 3. The molecule has 1 N–H and O–H groups in total. The van der Waals surface area contributed by atoms with Gasteiger partial charge in [-0.3, -0.25) is 9.63 Å². The average Bonchev–Trinajstić information content (AvgIpc) is 2.75. The molecule has 1 unspecified atom stereocenters. The predicted octanol–water partition coefficient (Wildman–Crippen LogP) is 2.09. The predicted molar refractivity (Wildman–Crippen MR) is 72.7 cm³/mol. The summed E-state index contributed by atoms with van der Waals surface area (Å²) in [4.78, 5) is 17.3. The van der Waals surface area contributed by atoms with Crippen molar-refractivity contribution in [2.75, 3.05) is 13.2 Å². The highest BCUT2D eigenvalue weighted by Crippen LogP contribution is 2.17. The lowest BCUT2D eigenvalue weighted by molar-refractivity contribution is -0.190. The molecule has 1 aliphatic heterocycles. The molecule has 1 aromatic rings. The van der Waals surface area contributed by atoms with Crippen molar-refractivity contribution in [3.05, 3.63) is 34.3 Å². The second-order valence-electron chi connectivity index (χ2n) is 4.22. The average molecular weight is 313 g/mol. The van der Waals surface area contributed by atoms with Gasteiger partial charge in [-0.2, -0.15) is 5.06 Å². The van der Waals surface area contributed by atoms with Crippen molar-refractivity contribution < 1.29 is 9.63 Å². The molecular formula is C13H17BrN2O2. The summed E-state index contributed by atoms with van der Waals surface area (Å²) in [5.74, 6) is 0.0541. The third-order valence-corrected chi connectivity index (χ3v) is 3.38. The van der Waals surface area contributed by atoms with E-state index in [9.17, 15) is 4.79 Å². The lowest BCUT2D eigenvalue weighted by atomic mass is 10.2.